The van der Waals surface area contributed by atoms with Gasteiger partial charge in [-0.15, -0.1) is 0 Å². The highest BCUT2D eigenvalue weighted by molar-refractivity contribution is 6.36. The predicted molar refractivity (Wildman–Crippen MR) is 155 cm³/mol. The van der Waals surface area contributed by atoms with Crippen molar-refractivity contribution in [3.63, 3.8) is 0 Å². The molecule has 1 heterocycles. The van der Waals surface area contributed by atoms with Crippen molar-refractivity contribution in [3.8, 4) is 5.75 Å². The first-order valence-electron chi connectivity index (χ1n) is 13.3. The summed E-state index contributed by atoms with van der Waals surface area (Å²) >= 11 is 12.5. The van der Waals surface area contributed by atoms with Gasteiger partial charge in [-0.25, -0.2) is 9.37 Å². The third-order valence-corrected chi connectivity index (χ3v) is 8.20. The highest BCUT2D eigenvalue weighted by Crippen LogP contribution is 2.39. The Labute approximate surface area is 235 Å². The molecular weight excluding hydrogens is 524 g/mol. The lowest BCUT2D eigenvalue weighted by Gasteiger charge is -2.35. The van der Waals surface area contributed by atoms with Gasteiger partial charge in [-0.3, -0.25) is 4.79 Å². The highest BCUT2D eigenvalue weighted by Gasteiger charge is 2.36. The van der Waals surface area contributed by atoms with Crippen LogP contribution in [0.2, 0.25) is 10.0 Å². The molecule has 0 aliphatic heterocycles. The second-order valence-electron chi connectivity index (χ2n) is 10.1. The predicted octanol–water partition coefficient (Wildman–Crippen LogP) is 8.27. The maximum absolute atomic E-state index is 14.1. The van der Waals surface area contributed by atoms with Gasteiger partial charge < -0.3 is 15.4 Å². The number of halogens is 3. The first-order valence-corrected chi connectivity index (χ1v) is 14.0. The topological polar surface area (TPSA) is 68.5 Å². The van der Waals surface area contributed by atoms with Gasteiger partial charge in [0.1, 0.15) is 11.9 Å². The second kappa shape index (κ2) is 13.0. The summed E-state index contributed by atoms with van der Waals surface area (Å²) in [5, 5.41) is 0.227. The number of allylic oxidation sites excluding steroid dienone is 4. The van der Waals surface area contributed by atoms with Gasteiger partial charge in [0.25, 0.3) is 0 Å². The van der Waals surface area contributed by atoms with Crippen molar-refractivity contribution >= 4 is 40.5 Å². The van der Waals surface area contributed by atoms with E-state index in [0.29, 0.717) is 29.4 Å². The molecule has 0 fully saturated rings. The summed E-state index contributed by atoms with van der Waals surface area (Å²) in [4.78, 5) is 19.6. The molecule has 1 aromatic carbocycles. The lowest BCUT2D eigenvalue weighted by Crippen LogP contribution is -2.43. The van der Waals surface area contributed by atoms with Gasteiger partial charge in [0.05, 0.1) is 5.02 Å². The van der Waals surface area contributed by atoms with Gasteiger partial charge >= 0.3 is 0 Å². The number of ether oxygens (including phenoxy) is 1. The van der Waals surface area contributed by atoms with E-state index in [0.717, 1.165) is 36.8 Å². The molecule has 1 aromatic heterocycles. The molecule has 0 saturated carbocycles. The van der Waals surface area contributed by atoms with E-state index in [1.807, 2.05) is 24.8 Å². The van der Waals surface area contributed by atoms with Crippen LogP contribution in [0.4, 0.5) is 10.2 Å². The largest absolute Gasteiger partial charge is 0.482 e. The number of hydrogen-bond acceptors (Lipinski definition) is 4. The van der Waals surface area contributed by atoms with Crippen molar-refractivity contribution in [2.45, 2.75) is 66.4 Å². The number of nitrogen functional groups attached to an aromatic ring is 1. The Balaban J connectivity index is 1.89. The van der Waals surface area contributed by atoms with Crippen LogP contribution in [0.25, 0.3) is 5.57 Å². The van der Waals surface area contributed by atoms with Crippen LogP contribution in [-0.4, -0.2) is 28.9 Å². The Hall–Kier alpha value is -2.57. The molecule has 5 nitrogen and oxygen atoms in total. The minimum Gasteiger partial charge on any atom is -0.482 e. The Morgan fingerprint density at radius 2 is 2.00 bits per heavy atom. The van der Waals surface area contributed by atoms with Crippen LogP contribution in [0.5, 0.6) is 5.75 Å². The molecule has 0 saturated heterocycles. The molecule has 2 N–H and O–H groups in total. The maximum Gasteiger partial charge on any atom is 0.228 e. The third kappa shape index (κ3) is 6.70. The summed E-state index contributed by atoms with van der Waals surface area (Å²) in [6, 6.07) is 4.50. The summed E-state index contributed by atoms with van der Waals surface area (Å²) in [5.41, 5.74) is 7.89. The molecule has 3 atom stereocenters. The van der Waals surface area contributed by atoms with Crippen molar-refractivity contribution < 1.29 is 13.9 Å². The summed E-state index contributed by atoms with van der Waals surface area (Å²) in [7, 11) is 0. The molecule has 1 aliphatic rings. The quantitative estimate of drug-likeness (QED) is 0.296. The zero-order valence-electron chi connectivity index (χ0n) is 22.9. The standard InChI is InChI=1S/C30H38Cl2FN3O2/c1-6-30(5,29(37)36(7-2)8-3)17-20-11-9-10-12-21(15-20)22-16-25(28(34)35-18-22)38-19(4)26-23(31)13-14-24(33)27(26)32/h10,12-16,18-20H,6-9,11,17H2,1-5H3,(H2,34,35). The Kier molecular flexibility index (Phi) is 10.2. The van der Waals surface area contributed by atoms with Gasteiger partial charge in [-0.1, -0.05) is 55.3 Å². The van der Waals surface area contributed by atoms with E-state index >= 15 is 0 Å². The molecule has 1 aliphatic carbocycles. The summed E-state index contributed by atoms with van der Waals surface area (Å²) in [5.74, 6) is 0.430. The van der Waals surface area contributed by atoms with Crippen LogP contribution in [0, 0.1) is 17.2 Å². The number of anilines is 1. The van der Waals surface area contributed by atoms with E-state index < -0.39 is 17.3 Å². The SMILES string of the molecule is CCN(CC)C(=O)C(C)(CC)CC1C=C(c2cnc(N)c(OC(C)c3c(Cl)ccc(F)c3Cl)c2)C=CCC1. The fourth-order valence-corrected chi connectivity index (χ4v) is 5.67. The zero-order valence-corrected chi connectivity index (χ0v) is 24.4. The number of carbonyl (C=O) groups excluding carboxylic acids is 1. The van der Waals surface area contributed by atoms with Crippen LogP contribution in [0.15, 0.2) is 42.6 Å². The molecule has 3 rings (SSSR count). The van der Waals surface area contributed by atoms with E-state index in [1.54, 1.807) is 13.1 Å². The van der Waals surface area contributed by atoms with Crippen molar-refractivity contribution in [1.82, 2.24) is 9.88 Å². The number of benzene rings is 1. The van der Waals surface area contributed by atoms with Crippen molar-refractivity contribution in [3.05, 3.63) is 69.6 Å². The first-order chi connectivity index (χ1) is 18.0. The molecule has 38 heavy (non-hydrogen) atoms. The number of hydrogen-bond donors (Lipinski definition) is 1. The lowest BCUT2D eigenvalue weighted by atomic mass is 9.76. The smallest absolute Gasteiger partial charge is 0.228 e. The van der Waals surface area contributed by atoms with Crippen LogP contribution >= 0.6 is 23.2 Å². The highest BCUT2D eigenvalue weighted by atomic mass is 35.5. The van der Waals surface area contributed by atoms with Gasteiger partial charge in [0, 0.05) is 40.9 Å². The van der Waals surface area contributed by atoms with Gasteiger partial charge in [-0.2, -0.15) is 0 Å². The van der Waals surface area contributed by atoms with Crippen LogP contribution in [0.3, 0.4) is 0 Å². The molecule has 206 valence electrons. The second-order valence-corrected chi connectivity index (χ2v) is 10.9. The summed E-state index contributed by atoms with van der Waals surface area (Å²) < 4.78 is 20.2. The number of amides is 1. The molecule has 0 spiro atoms. The molecule has 1 amide bonds. The van der Waals surface area contributed by atoms with E-state index in [2.05, 4.69) is 37.1 Å². The fraction of sp³-hybridized carbons (Fsp3) is 0.467. The van der Waals surface area contributed by atoms with E-state index in [9.17, 15) is 9.18 Å². The number of aromatic nitrogens is 1. The van der Waals surface area contributed by atoms with E-state index in [4.69, 9.17) is 33.7 Å². The molecular formula is C30H38Cl2FN3O2. The molecule has 2 aromatic rings. The molecule has 0 radical (unpaired) electrons. The van der Waals surface area contributed by atoms with E-state index in [-0.39, 0.29) is 22.7 Å². The Morgan fingerprint density at radius 1 is 1.29 bits per heavy atom. The third-order valence-electron chi connectivity index (χ3n) is 7.48. The Bertz CT molecular complexity index is 1210. The van der Waals surface area contributed by atoms with Gasteiger partial charge in [0.2, 0.25) is 5.91 Å². The van der Waals surface area contributed by atoms with Crippen LogP contribution in [-0.2, 0) is 4.79 Å². The lowest BCUT2D eigenvalue weighted by molar-refractivity contribution is -0.142. The van der Waals surface area contributed by atoms with Gasteiger partial charge in [0.15, 0.2) is 11.6 Å². The summed E-state index contributed by atoms with van der Waals surface area (Å²) in [6.07, 6.45) is 10.9. The summed E-state index contributed by atoms with van der Waals surface area (Å²) in [6.45, 7) is 11.4. The maximum atomic E-state index is 14.1. The number of pyridine rings is 1. The van der Waals surface area contributed by atoms with Gasteiger partial charge in [-0.05, 0) is 76.1 Å². The fourth-order valence-electron chi connectivity index (χ4n) is 4.99. The monoisotopic (exact) mass is 561 g/mol. The molecule has 8 heteroatoms. The van der Waals surface area contributed by atoms with Crippen LogP contribution < -0.4 is 10.5 Å². The number of rotatable bonds is 10. The first kappa shape index (κ1) is 30.0. The zero-order chi connectivity index (χ0) is 28.0. The minimum atomic E-state index is -0.659. The molecule has 3 unspecified atom stereocenters. The number of nitrogens with zero attached hydrogens (tertiary/aromatic N) is 2. The average molecular weight is 563 g/mol. The number of nitrogens with two attached hydrogens (primary N) is 1. The van der Waals surface area contributed by atoms with Crippen LogP contribution in [0.1, 0.15) is 77.5 Å². The minimum absolute atomic E-state index is 0.0804. The number of carbonyl (C=O) groups is 1. The van der Waals surface area contributed by atoms with Crippen molar-refractivity contribution in [2.24, 2.45) is 11.3 Å². The normalized spacial score (nSPS) is 17.8. The van der Waals surface area contributed by atoms with Crippen molar-refractivity contribution in [2.75, 3.05) is 18.8 Å². The van der Waals surface area contributed by atoms with E-state index in [1.165, 1.54) is 12.1 Å². The average Bonchev–Trinajstić information content (AvgIpc) is 3.13. The molecule has 0 bridgehead atoms. The Morgan fingerprint density at radius 3 is 2.66 bits per heavy atom. The van der Waals surface area contributed by atoms with Crippen molar-refractivity contribution in [1.29, 1.82) is 0 Å².